The van der Waals surface area contributed by atoms with Crippen LogP contribution >= 0.6 is 0 Å². The second-order valence-electron chi connectivity index (χ2n) is 7.54. The molecule has 1 amide bonds. The van der Waals surface area contributed by atoms with Gasteiger partial charge in [-0.05, 0) is 57.0 Å². The fourth-order valence-corrected chi connectivity index (χ4v) is 3.63. The number of hydrogen-bond donors (Lipinski definition) is 2. The van der Waals surface area contributed by atoms with Crippen LogP contribution in [-0.4, -0.2) is 39.0 Å². The normalized spacial score (nSPS) is 15.8. The molecule has 2 N–H and O–H groups in total. The van der Waals surface area contributed by atoms with Crippen molar-refractivity contribution < 1.29 is 4.79 Å². The molecule has 3 aromatic rings. The van der Waals surface area contributed by atoms with Gasteiger partial charge in [0.05, 0.1) is 24.0 Å². The monoisotopic (exact) mass is 390 g/mol. The van der Waals surface area contributed by atoms with Gasteiger partial charge in [0.2, 0.25) is 0 Å². The Balaban J connectivity index is 1.50. The van der Waals surface area contributed by atoms with E-state index in [4.69, 9.17) is 0 Å². The van der Waals surface area contributed by atoms with Crippen LogP contribution in [-0.2, 0) is 6.42 Å². The van der Waals surface area contributed by atoms with Crippen LogP contribution in [0.25, 0.3) is 0 Å². The van der Waals surface area contributed by atoms with Gasteiger partial charge in [0.25, 0.3) is 5.91 Å². The number of nitrogens with zero attached hydrogens (tertiary/aromatic N) is 4. The Labute approximate surface area is 170 Å². The molecule has 1 aliphatic heterocycles. The second-order valence-corrected chi connectivity index (χ2v) is 7.54. The van der Waals surface area contributed by atoms with E-state index in [-0.39, 0.29) is 11.9 Å². The van der Waals surface area contributed by atoms with Crippen molar-refractivity contribution >= 4 is 5.91 Å². The first-order valence-corrected chi connectivity index (χ1v) is 10.1. The first-order valence-electron chi connectivity index (χ1n) is 10.1. The molecule has 4 rings (SSSR count). The van der Waals surface area contributed by atoms with Gasteiger partial charge < -0.3 is 10.6 Å². The molecule has 0 radical (unpaired) electrons. The minimum absolute atomic E-state index is 0.229. The van der Waals surface area contributed by atoms with Crippen molar-refractivity contribution in [2.45, 2.75) is 38.3 Å². The maximum atomic E-state index is 12.9. The summed E-state index contributed by atoms with van der Waals surface area (Å²) >= 11 is 0. The molecule has 0 spiro atoms. The third-order valence-corrected chi connectivity index (χ3v) is 5.34. The van der Waals surface area contributed by atoms with Gasteiger partial charge in [-0.3, -0.25) is 9.78 Å². The molecule has 7 heteroatoms. The van der Waals surface area contributed by atoms with Crippen LogP contribution in [0.1, 0.15) is 52.2 Å². The van der Waals surface area contributed by atoms with Gasteiger partial charge in [-0.2, -0.15) is 0 Å². The Kier molecular flexibility index (Phi) is 5.95. The minimum Gasteiger partial charge on any atom is -0.342 e. The molecular weight excluding hydrogens is 364 g/mol. The Hall–Kier alpha value is -3.06. The zero-order valence-electron chi connectivity index (χ0n) is 16.6. The molecule has 1 saturated heterocycles. The molecule has 0 bridgehead atoms. The van der Waals surface area contributed by atoms with E-state index in [2.05, 4.69) is 57.1 Å². The third kappa shape index (κ3) is 4.86. The van der Waals surface area contributed by atoms with E-state index >= 15 is 0 Å². The molecule has 1 aliphatic rings. The molecule has 1 atom stereocenters. The van der Waals surface area contributed by atoms with E-state index in [1.165, 1.54) is 5.56 Å². The van der Waals surface area contributed by atoms with E-state index in [0.717, 1.165) is 37.2 Å². The quantitative estimate of drug-likeness (QED) is 0.676. The van der Waals surface area contributed by atoms with Crippen molar-refractivity contribution in [1.29, 1.82) is 0 Å². The van der Waals surface area contributed by atoms with E-state index in [9.17, 15) is 4.79 Å². The fourth-order valence-electron chi connectivity index (χ4n) is 3.63. The van der Waals surface area contributed by atoms with Crippen molar-refractivity contribution in [3.05, 3.63) is 77.4 Å². The number of nitrogens with one attached hydrogen (secondary N) is 2. The number of carbonyl (C=O) groups is 1. The average Bonchev–Trinajstić information content (AvgIpc) is 3.26. The van der Waals surface area contributed by atoms with E-state index in [0.29, 0.717) is 18.2 Å². The van der Waals surface area contributed by atoms with Crippen LogP contribution in [0.4, 0.5) is 0 Å². The number of aromatic nitrogens is 4. The highest BCUT2D eigenvalue weighted by atomic mass is 16.2. The van der Waals surface area contributed by atoms with Crippen LogP contribution in [0, 0.1) is 6.92 Å². The lowest BCUT2D eigenvalue weighted by molar-refractivity contribution is 0.0930. The van der Waals surface area contributed by atoms with Gasteiger partial charge >= 0.3 is 0 Å². The smallest absolute Gasteiger partial charge is 0.274 e. The molecule has 2 aromatic heterocycles. The zero-order valence-corrected chi connectivity index (χ0v) is 16.6. The molecule has 1 aromatic carbocycles. The third-order valence-electron chi connectivity index (χ3n) is 5.34. The summed E-state index contributed by atoms with van der Waals surface area (Å²) < 4.78 is 1.82. The van der Waals surface area contributed by atoms with E-state index in [1.807, 2.05) is 22.9 Å². The predicted molar refractivity (Wildman–Crippen MR) is 110 cm³/mol. The fraction of sp³-hybridized carbons (Fsp3) is 0.364. The lowest BCUT2D eigenvalue weighted by Crippen LogP contribution is -2.31. The number of pyridine rings is 1. The SMILES string of the molecule is Cc1ccc(CC(NC(=O)c2cn(C3CCNCC3)nn2)c2ccccn2)cc1. The maximum Gasteiger partial charge on any atom is 0.274 e. The molecular formula is C22H26N6O. The van der Waals surface area contributed by atoms with Crippen molar-refractivity contribution in [3.8, 4) is 0 Å². The van der Waals surface area contributed by atoms with E-state index < -0.39 is 0 Å². The molecule has 7 nitrogen and oxygen atoms in total. The average molecular weight is 390 g/mol. The topological polar surface area (TPSA) is 84.7 Å². The van der Waals surface area contributed by atoms with Crippen molar-refractivity contribution in [2.24, 2.45) is 0 Å². The lowest BCUT2D eigenvalue weighted by atomic mass is 10.0. The molecule has 1 fully saturated rings. The Bertz CT molecular complexity index is 931. The van der Waals surface area contributed by atoms with Crippen LogP contribution in [0.15, 0.2) is 54.9 Å². The van der Waals surface area contributed by atoms with Gasteiger partial charge in [-0.15, -0.1) is 5.10 Å². The summed E-state index contributed by atoms with van der Waals surface area (Å²) in [7, 11) is 0. The van der Waals surface area contributed by atoms with Gasteiger partial charge in [-0.25, -0.2) is 4.68 Å². The Morgan fingerprint density at radius 2 is 2.00 bits per heavy atom. The highest BCUT2D eigenvalue weighted by Gasteiger charge is 2.22. The summed E-state index contributed by atoms with van der Waals surface area (Å²) in [4.78, 5) is 17.4. The van der Waals surface area contributed by atoms with Crippen LogP contribution < -0.4 is 10.6 Å². The summed E-state index contributed by atoms with van der Waals surface area (Å²) in [6.07, 6.45) is 6.15. The maximum absolute atomic E-state index is 12.9. The lowest BCUT2D eigenvalue weighted by Gasteiger charge is -2.22. The molecule has 3 heterocycles. The number of hydrogen-bond acceptors (Lipinski definition) is 5. The standard InChI is InChI=1S/C22H26N6O/c1-16-5-7-17(8-6-16)14-20(19-4-2-3-11-24-19)25-22(29)21-15-28(27-26-21)18-9-12-23-13-10-18/h2-8,11,15,18,20,23H,9-10,12-14H2,1H3,(H,25,29). The van der Waals surface area contributed by atoms with Crippen molar-refractivity contribution in [3.63, 3.8) is 0 Å². The minimum atomic E-state index is -0.240. The summed E-state index contributed by atoms with van der Waals surface area (Å²) in [6.45, 7) is 3.99. The van der Waals surface area contributed by atoms with E-state index in [1.54, 1.807) is 12.4 Å². The Morgan fingerprint density at radius 3 is 2.72 bits per heavy atom. The summed E-state index contributed by atoms with van der Waals surface area (Å²) in [5.41, 5.74) is 3.52. The molecule has 29 heavy (non-hydrogen) atoms. The van der Waals surface area contributed by atoms with Crippen molar-refractivity contribution in [2.75, 3.05) is 13.1 Å². The number of carbonyl (C=O) groups excluding carboxylic acids is 1. The largest absolute Gasteiger partial charge is 0.342 e. The van der Waals surface area contributed by atoms with Crippen LogP contribution in [0.3, 0.4) is 0 Å². The Morgan fingerprint density at radius 1 is 1.21 bits per heavy atom. The molecule has 0 saturated carbocycles. The first-order chi connectivity index (χ1) is 14.2. The predicted octanol–water partition coefficient (Wildman–Crippen LogP) is 2.62. The highest BCUT2D eigenvalue weighted by Crippen LogP contribution is 2.19. The first kappa shape index (κ1) is 19.3. The second kappa shape index (κ2) is 8.96. The van der Waals surface area contributed by atoms with Gasteiger partial charge in [-0.1, -0.05) is 41.1 Å². The number of amides is 1. The van der Waals surface area contributed by atoms with Gasteiger partial charge in [0.1, 0.15) is 0 Å². The van der Waals surface area contributed by atoms with Crippen molar-refractivity contribution in [1.82, 2.24) is 30.6 Å². The number of aryl methyl sites for hydroxylation is 1. The zero-order chi connectivity index (χ0) is 20.1. The summed E-state index contributed by atoms with van der Waals surface area (Å²) in [6, 6.07) is 14.1. The summed E-state index contributed by atoms with van der Waals surface area (Å²) in [5, 5.41) is 14.8. The number of piperidine rings is 1. The van der Waals surface area contributed by atoms with Crippen LogP contribution in [0.2, 0.25) is 0 Å². The highest BCUT2D eigenvalue weighted by molar-refractivity contribution is 5.92. The van der Waals surface area contributed by atoms with Gasteiger partial charge in [0, 0.05) is 6.20 Å². The summed E-state index contributed by atoms with van der Waals surface area (Å²) in [5.74, 6) is -0.229. The van der Waals surface area contributed by atoms with Crippen LogP contribution in [0.5, 0.6) is 0 Å². The molecule has 150 valence electrons. The van der Waals surface area contributed by atoms with Gasteiger partial charge in [0.15, 0.2) is 5.69 Å². The number of rotatable bonds is 6. The molecule has 0 aliphatic carbocycles. The number of benzene rings is 1. The molecule has 1 unspecified atom stereocenters.